The largest absolute Gasteiger partial charge is 0.331 e. The lowest BCUT2D eigenvalue weighted by molar-refractivity contribution is -0.384. The number of halogens is 1. The molecular formula is C31H22ClN5O3S. The number of benzene rings is 4. The van der Waals surface area contributed by atoms with E-state index in [1.807, 2.05) is 66.7 Å². The SMILES string of the molecule is O=c1[nH]c2ccc(Cl)cc2c(-c2ccccc2)c1C1=NN(C(=S)Nc2ccccc2)[C@H](c2cccc([N+](=O)[O-])c2)C1. The summed E-state index contributed by atoms with van der Waals surface area (Å²) >= 11 is 12.2. The number of nitro groups is 1. The Balaban J connectivity index is 1.53. The number of H-pyrrole nitrogens is 1. The molecule has 0 saturated heterocycles. The normalized spacial score (nSPS) is 14.6. The van der Waals surface area contributed by atoms with Crippen molar-refractivity contribution in [3.8, 4) is 11.1 Å². The van der Waals surface area contributed by atoms with Crippen LogP contribution in [0.4, 0.5) is 11.4 Å². The molecule has 5 aromatic rings. The average Bonchev–Trinajstić information content (AvgIpc) is 3.43. The number of nitrogens with zero attached hydrogens (tertiary/aromatic N) is 3. The van der Waals surface area contributed by atoms with Crippen LogP contribution in [0.5, 0.6) is 0 Å². The van der Waals surface area contributed by atoms with E-state index in [0.29, 0.717) is 38.1 Å². The molecule has 0 aliphatic carbocycles. The lowest BCUT2D eigenvalue weighted by atomic mass is 9.91. The molecule has 1 aromatic heterocycles. The van der Waals surface area contributed by atoms with Gasteiger partial charge in [0.05, 0.1) is 22.2 Å². The highest BCUT2D eigenvalue weighted by Crippen LogP contribution is 2.38. The molecule has 6 rings (SSSR count). The number of para-hydroxylation sites is 1. The number of pyridine rings is 1. The lowest BCUT2D eigenvalue weighted by Gasteiger charge is -2.24. The van der Waals surface area contributed by atoms with Gasteiger partial charge in [-0.15, -0.1) is 0 Å². The number of hydrazone groups is 1. The molecule has 10 heteroatoms. The van der Waals surface area contributed by atoms with Crippen molar-refractivity contribution in [2.45, 2.75) is 12.5 Å². The molecule has 0 radical (unpaired) electrons. The zero-order valence-electron chi connectivity index (χ0n) is 21.5. The van der Waals surface area contributed by atoms with Gasteiger partial charge in [-0.1, -0.05) is 72.3 Å². The van der Waals surface area contributed by atoms with Gasteiger partial charge >= 0.3 is 0 Å². The van der Waals surface area contributed by atoms with Crippen LogP contribution in [0.15, 0.2) is 113 Å². The number of rotatable bonds is 5. The fourth-order valence-electron chi connectivity index (χ4n) is 5.10. The smallest absolute Gasteiger partial charge is 0.269 e. The van der Waals surface area contributed by atoms with Crippen LogP contribution >= 0.6 is 23.8 Å². The first-order valence-electron chi connectivity index (χ1n) is 12.8. The Labute approximate surface area is 245 Å². The van der Waals surface area contributed by atoms with Gasteiger partial charge in [0, 0.05) is 45.7 Å². The molecule has 41 heavy (non-hydrogen) atoms. The number of nitrogens with one attached hydrogen (secondary N) is 2. The maximum Gasteiger partial charge on any atom is 0.269 e. The molecule has 1 aliphatic heterocycles. The summed E-state index contributed by atoms with van der Waals surface area (Å²) < 4.78 is 0. The van der Waals surface area contributed by atoms with Crippen molar-refractivity contribution < 1.29 is 4.92 Å². The maximum absolute atomic E-state index is 13.7. The lowest BCUT2D eigenvalue weighted by Crippen LogP contribution is -2.31. The Bertz CT molecular complexity index is 1890. The molecular weight excluding hydrogens is 558 g/mol. The first kappa shape index (κ1) is 26.4. The quantitative estimate of drug-likeness (QED) is 0.129. The summed E-state index contributed by atoms with van der Waals surface area (Å²) in [4.78, 5) is 27.9. The standard InChI is InChI=1S/C31H22ClN5O3S/c32-21-14-15-25-24(17-21)28(19-8-3-1-4-9-19)29(30(38)34-25)26-18-27(20-10-7-13-23(16-20)37(39)40)36(35-26)31(41)33-22-11-5-2-6-12-22/h1-17,27H,18H2,(H,33,41)(H,34,38)/t27-/m0/s1. The van der Waals surface area contributed by atoms with Crippen LogP contribution in [0, 0.1) is 10.1 Å². The first-order chi connectivity index (χ1) is 19.9. The molecule has 1 aliphatic rings. The number of aromatic nitrogens is 1. The van der Waals surface area contributed by atoms with Gasteiger partial charge < -0.3 is 10.3 Å². The summed E-state index contributed by atoms with van der Waals surface area (Å²) in [5, 5.41) is 22.9. The van der Waals surface area contributed by atoms with Crippen LogP contribution < -0.4 is 10.9 Å². The van der Waals surface area contributed by atoms with Crippen molar-refractivity contribution in [3.05, 3.63) is 140 Å². The zero-order chi connectivity index (χ0) is 28.5. The van der Waals surface area contributed by atoms with Crippen molar-refractivity contribution in [2.24, 2.45) is 5.10 Å². The van der Waals surface area contributed by atoms with E-state index < -0.39 is 11.0 Å². The number of anilines is 1. The number of nitro benzene ring substituents is 1. The first-order valence-corrected chi connectivity index (χ1v) is 13.6. The Morgan fingerprint density at radius 1 is 0.976 bits per heavy atom. The van der Waals surface area contributed by atoms with Gasteiger partial charge in [-0.2, -0.15) is 5.10 Å². The van der Waals surface area contributed by atoms with Crippen LogP contribution in [0.1, 0.15) is 23.6 Å². The summed E-state index contributed by atoms with van der Waals surface area (Å²) in [6.45, 7) is 0. The van der Waals surface area contributed by atoms with Crippen LogP contribution in [0.25, 0.3) is 22.0 Å². The van der Waals surface area contributed by atoms with Crippen molar-refractivity contribution >= 4 is 56.9 Å². The second-order valence-electron chi connectivity index (χ2n) is 9.52. The molecule has 2 N–H and O–H groups in total. The van der Waals surface area contributed by atoms with Crippen LogP contribution in [-0.2, 0) is 0 Å². The number of hydrogen-bond donors (Lipinski definition) is 2. The van der Waals surface area contributed by atoms with E-state index in [9.17, 15) is 14.9 Å². The Hall–Kier alpha value is -4.86. The molecule has 0 spiro atoms. The van der Waals surface area contributed by atoms with Crippen molar-refractivity contribution in [1.29, 1.82) is 0 Å². The van der Waals surface area contributed by atoms with Gasteiger partial charge in [0.25, 0.3) is 11.2 Å². The molecule has 8 nitrogen and oxygen atoms in total. The van der Waals surface area contributed by atoms with E-state index in [2.05, 4.69) is 10.3 Å². The molecule has 2 heterocycles. The Morgan fingerprint density at radius 2 is 1.71 bits per heavy atom. The Morgan fingerprint density at radius 3 is 2.44 bits per heavy atom. The second-order valence-corrected chi connectivity index (χ2v) is 10.3. The summed E-state index contributed by atoms with van der Waals surface area (Å²) in [6, 6.07) is 30.3. The highest BCUT2D eigenvalue weighted by atomic mass is 35.5. The third kappa shape index (κ3) is 5.20. The van der Waals surface area contributed by atoms with Gasteiger partial charge in [-0.25, -0.2) is 5.01 Å². The van der Waals surface area contributed by atoms with E-state index >= 15 is 0 Å². The number of fused-ring (bicyclic) bond motifs is 1. The predicted molar refractivity (Wildman–Crippen MR) is 167 cm³/mol. The molecule has 0 amide bonds. The monoisotopic (exact) mass is 579 g/mol. The maximum atomic E-state index is 13.7. The van der Waals surface area contributed by atoms with E-state index in [1.54, 1.807) is 29.3 Å². The highest BCUT2D eigenvalue weighted by Gasteiger charge is 2.35. The fourth-order valence-corrected chi connectivity index (χ4v) is 5.56. The van der Waals surface area contributed by atoms with E-state index in [4.69, 9.17) is 28.9 Å². The molecule has 0 bridgehead atoms. The van der Waals surface area contributed by atoms with Crippen molar-refractivity contribution in [2.75, 3.05) is 5.32 Å². The second kappa shape index (κ2) is 11.0. The number of hydrogen-bond acceptors (Lipinski definition) is 5. The molecule has 0 fully saturated rings. The van der Waals surface area contributed by atoms with Gasteiger partial charge in [0.2, 0.25) is 0 Å². The van der Waals surface area contributed by atoms with Gasteiger partial charge in [0.1, 0.15) is 0 Å². The third-order valence-electron chi connectivity index (χ3n) is 6.94. The minimum absolute atomic E-state index is 0.0407. The topological polar surface area (TPSA) is 104 Å². The third-order valence-corrected chi connectivity index (χ3v) is 7.46. The summed E-state index contributed by atoms with van der Waals surface area (Å²) in [7, 11) is 0. The summed E-state index contributed by atoms with van der Waals surface area (Å²) in [6.07, 6.45) is 0.284. The predicted octanol–water partition coefficient (Wildman–Crippen LogP) is 7.30. The minimum Gasteiger partial charge on any atom is -0.331 e. The molecule has 4 aromatic carbocycles. The van der Waals surface area contributed by atoms with Gasteiger partial charge in [-0.05, 0) is 53.7 Å². The van der Waals surface area contributed by atoms with Crippen LogP contribution in [0.2, 0.25) is 5.02 Å². The fraction of sp³-hybridized carbons (Fsp3) is 0.0645. The van der Waals surface area contributed by atoms with Gasteiger partial charge in [-0.3, -0.25) is 14.9 Å². The average molecular weight is 580 g/mol. The van der Waals surface area contributed by atoms with E-state index in [1.165, 1.54) is 12.1 Å². The molecule has 0 saturated carbocycles. The molecule has 1 atom stereocenters. The van der Waals surface area contributed by atoms with Crippen molar-refractivity contribution in [3.63, 3.8) is 0 Å². The Kier molecular flexibility index (Phi) is 7.05. The molecule has 0 unspecified atom stereocenters. The van der Waals surface area contributed by atoms with Crippen LogP contribution in [0.3, 0.4) is 0 Å². The van der Waals surface area contributed by atoms with Crippen LogP contribution in [-0.4, -0.2) is 25.7 Å². The number of non-ortho nitro benzene ring substituents is 1. The van der Waals surface area contributed by atoms with E-state index in [-0.39, 0.29) is 17.7 Å². The number of thiocarbonyl (C=S) groups is 1. The highest BCUT2D eigenvalue weighted by molar-refractivity contribution is 7.80. The van der Waals surface area contributed by atoms with Crippen molar-refractivity contribution in [1.82, 2.24) is 9.99 Å². The summed E-state index contributed by atoms with van der Waals surface area (Å²) in [5.74, 6) is 0. The van der Waals surface area contributed by atoms with E-state index in [0.717, 1.165) is 16.6 Å². The zero-order valence-corrected chi connectivity index (χ0v) is 23.0. The van der Waals surface area contributed by atoms with Gasteiger partial charge in [0.15, 0.2) is 5.11 Å². The summed E-state index contributed by atoms with van der Waals surface area (Å²) in [5.41, 5.74) is 4.14. The molecule has 202 valence electrons. The minimum atomic E-state index is -0.494. The number of aromatic amines is 1.